The van der Waals surface area contributed by atoms with Crippen LogP contribution in [0, 0.1) is 12.7 Å². The van der Waals surface area contributed by atoms with Crippen LogP contribution >= 0.6 is 0 Å². The number of guanidine groups is 1. The molecular formula is C20H26FN3O3S. The predicted molar refractivity (Wildman–Crippen MR) is 109 cm³/mol. The van der Waals surface area contributed by atoms with Crippen molar-refractivity contribution in [2.45, 2.75) is 24.5 Å². The van der Waals surface area contributed by atoms with Crippen molar-refractivity contribution < 1.29 is 17.5 Å². The Morgan fingerprint density at radius 2 is 1.86 bits per heavy atom. The molecule has 28 heavy (non-hydrogen) atoms. The first-order valence-corrected chi connectivity index (χ1v) is 10.7. The minimum atomic E-state index is -3.23. The maximum atomic E-state index is 13.1. The Morgan fingerprint density at radius 1 is 1.18 bits per heavy atom. The Bertz CT molecular complexity index is 928. The lowest BCUT2D eigenvalue weighted by Gasteiger charge is -2.19. The van der Waals surface area contributed by atoms with Gasteiger partial charge in [-0.25, -0.2) is 12.8 Å². The average Bonchev–Trinajstić information content (AvgIpc) is 2.65. The third kappa shape index (κ3) is 6.03. The molecule has 0 spiro atoms. The Balaban J connectivity index is 1.95. The van der Waals surface area contributed by atoms with Crippen LogP contribution in [0.15, 0.2) is 52.4 Å². The summed E-state index contributed by atoms with van der Waals surface area (Å²) >= 11 is 0. The van der Waals surface area contributed by atoms with E-state index in [4.69, 9.17) is 4.74 Å². The molecule has 1 unspecified atom stereocenters. The van der Waals surface area contributed by atoms with Gasteiger partial charge in [0.1, 0.15) is 5.82 Å². The number of halogens is 1. The molecule has 1 atom stereocenters. The van der Waals surface area contributed by atoms with Crippen LogP contribution in [-0.2, 0) is 21.1 Å². The largest absolute Gasteiger partial charge is 0.375 e. The third-order valence-electron chi connectivity index (χ3n) is 4.30. The van der Waals surface area contributed by atoms with Gasteiger partial charge < -0.3 is 15.4 Å². The molecule has 152 valence electrons. The maximum Gasteiger partial charge on any atom is 0.191 e. The number of methoxy groups -OCH3 is 1. The number of hydrogen-bond acceptors (Lipinski definition) is 4. The molecule has 2 aromatic carbocycles. The molecule has 0 aliphatic carbocycles. The van der Waals surface area contributed by atoms with Crippen LogP contribution in [0.1, 0.15) is 22.8 Å². The molecule has 0 aliphatic rings. The highest BCUT2D eigenvalue weighted by Crippen LogP contribution is 2.17. The standard InChI is InChI=1S/C20H26FN3O3S/c1-14-11-15(5-10-19(14)28(4,25)26)12-23-20(22-2)24-13-18(27-3)16-6-8-17(21)9-7-16/h5-11,18H,12-13H2,1-4H3,(H2,22,23,24). The van der Waals surface area contributed by atoms with Crippen molar-refractivity contribution in [1.29, 1.82) is 0 Å². The zero-order valence-electron chi connectivity index (χ0n) is 16.5. The van der Waals surface area contributed by atoms with Gasteiger partial charge in [-0.15, -0.1) is 0 Å². The first-order valence-electron chi connectivity index (χ1n) is 8.77. The van der Waals surface area contributed by atoms with E-state index in [2.05, 4.69) is 15.6 Å². The molecule has 0 aromatic heterocycles. The minimum absolute atomic E-state index is 0.254. The molecule has 2 aromatic rings. The Morgan fingerprint density at radius 3 is 2.39 bits per heavy atom. The number of nitrogens with one attached hydrogen (secondary N) is 2. The summed E-state index contributed by atoms with van der Waals surface area (Å²) in [6.07, 6.45) is 0.947. The summed E-state index contributed by atoms with van der Waals surface area (Å²) < 4.78 is 42.0. The lowest BCUT2D eigenvalue weighted by molar-refractivity contribution is 0.106. The summed E-state index contributed by atoms with van der Waals surface area (Å²) in [5.41, 5.74) is 2.51. The molecule has 0 radical (unpaired) electrons. The molecule has 0 heterocycles. The molecule has 0 saturated heterocycles. The second kappa shape index (κ2) is 9.66. The molecular weight excluding hydrogens is 381 g/mol. The van der Waals surface area contributed by atoms with Gasteiger partial charge in [-0.2, -0.15) is 0 Å². The topological polar surface area (TPSA) is 79.8 Å². The predicted octanol–water partition coefficient (Wildman–Crippen LogP) is 2.59. The van der Waals surface area contributed by atoms with Crippen LogP contribution in [0.4, 0.5) is 4.39 Å². The fraction of sp³-hybridized carbons (Fsp3) is 0.350. The fourth-order valence-corrected chi connectivity index (χ4v) is 3.81. The number of rotatable bonds is 7. The summed E-state index contributed by atoms with van der Waals surface area (Å²) in [5, 5.41) is 6.36. The van der Waals surface area contributed by atoms with Crippen LogP contribution in [0.5, 0.6) is 0 Å². The smallest absolute Gasteiger partial charge is 0.191 e. The number of ether oxygens (including phenoxy) is 1. The van der Waals surface area contributed by atoms with Gasteiger partial charge in [-0.1, -0.05) is 24.3 Å². The van der Waals surface area contributed by atoms with E-state index in [1.54, 1.807) is 45.3 Å². The molecule has 2 N–H and O–H groups in total. The van der Waals surface area contributed by atoms with Crippen molar-refractivity contribution in [3.63, 3.8) is 0 Å². The quantitative estimate of drug-likeness (QED) is 0.545. The Labute approximate surface area is 165 Å². The number of nitrogens with zero attached hydrogens (tertiary/aromatic N) is 1. The van der Waals surface area contributed by atoms with Gasteiger partial charge >= 0.3 is 0 Å². The summed E-state index contributed by atoms with van der Waals surface area (Å²) in [6, 6.07) is 11.4. The van der Waals surface area contributed by atoms with E-state index < -0.39 is 9.84 Å². The molecule has 0 saturated carbocycles. The number of sulfone groups is 1. The zero-order chi connectivity index (χ0) is 20.7. The second-order valence-corrected chi connectivity index (χ2v) is 8.44. The van der Waals surface area contributed by atoms with Crippen LogP contribution < -0.4 is 10.6 Å². The SMILES string of the molecule is CN=C(NCc1ccc(S(C)(=O)=O)c(C)c1)NCC(OC)c1ccc(F)cc1. The zero-order valence-corrected chi connectivity index (χ0v) is 17.3. The molecule has 0 aliphatic heterocycles. The molecule has 8 heteroatoms. The molecule has 2 rings (SSSR count). The van der Waals surface area contributed by atoms with Gasteiger partial charge in [-0.3, -0.25) is 4.99 Å². The molecule has 0 bridgehead atoms. The van der Waals surface area contributed by atoms with E-state index in [9.17, 15) is 12.8 Å². The highest BCUT2D eigenvalue weighted by molar-refractivity contribution is 7.90. The maximum absolute atomic E-state index is 13.1. The van der Waals surface area contributed by atoms with Gasteiger partial charge in [0.25, 0.3) is 0 Å². The van der Waals surface area contributed by atoms with Gasteiger partial charge in [0.15, 0.2) is 15.8 Å². The molecule has 6 nitrogen and oxygen atoms in total. The first kappa shape index (κ1) is 21.8. The van der Waals surface area contributed by atoms with Crippen molar-refractivity contribution in [2.24, 2.45) is 4.99 Å². The van der Waals surface area contributed by atoms with E-state index in [0.29, 0.717) is 29.5 Å². The van der Waals surface area contributed by atoms with Crippen molar-refractivity contribution in [1.82, 2.24) is 10.6 Å². The second-order valence-electron chi connectivity index (χ2n) is 6.45. The van der Waals surface area contributed by atoms with E-state index in [0.717, 1.165) is 11.1 Å². The number of benzene rings is 2. The third-order valence-corrected chi connectivity index (χ3v) is 5.56. The van der Waals surface area contributed by atoms with Crippen molar-refractivity contribution >= 4 is 15.8 Å². The van der Waals surface area contributed by atoms with Crippen molar-refractivity contribution in [3.8, 4) is 0 Å². The van der Waals surface area contributed by atoms with Crippen molar-refractivity contribution in [2.75, 3.05) is 27.0 Å². The van der Waals surface area contributed by atoms with E-state index in [1.807, 2.05) is 6.07 Å². The van der Waals surface area contributed by atoms with Crippen LogP contribution in [0.25, 0.3) is 0 Å². The lowest BCUT2D eigenvalue weighted by Crippen LogP contribution is -2.39. The van der Waals surface area contributed by atoms with Gasteiger partial charge in [0, 0.05) is 33.5 Å². The summed E-state index contributed by atoms with van der Waals surface area (Å²) in [6.45, 7) is 2.71. The Hall–Kier alpha value is -2.45. The lowest BCUT2D eigenvalue weighted by atomic mass is 10.1. The van der Waals surface area contributed by atoms with Gasteiger partial charge in [0.2, 0.25) is 0 Å². The monoisotopic (exact) mass is 407 g/mol. The number of aliphatic imine (C=N–C) groups is 1. The summed E-state index contributed by atoms with van der Waals surface area (Å²) in [4.78, 5) is 4.51. The van der Waals surface area contributed by atoms with E-state index >= 15 is 0 Å². The normalized spacial score (nSPS) is 13.2. The minimum Gasteiger partial charge on any atom is -0.375 e. The van der Waals surface area contributed by atoms with E-state index in [-0.39, 0.29) is 11.9 Å². The molecule has 0 fully saturated rings. The summed E-state index contributed by atoms with van der Waals surface area (Å²) in [5.74, 6) is 0.287. The highest BCUT2D eigenvalue weighted by Gasteiger charge is 2.13. The number of aryl methyl sites for hydroxylation is 1. The van der Waals surface area contributed by atoms with Crippen molar-refractivity contribution in [3.05, 3.63) is 65.0 Å². The fourth-order valence-electron chi connectivity index (χ4n) is 2.85. The number of hydrogen-bond donors (Lipinski definition) is 2. The van der Waals surface area contributed by atoms with Crippen LogP contribution in [-0.4, -0.2) is 41.3 Å². The van der Waals surface area contributed by atoms with Crippen LogP contribution in [0.3, 0.4) is 0 Å². The average molecular weight is 408 g/mol. The van der Waals surface area contributed by atoms with E-state index in [1.165, 1.54) is 18.4 Å². The Kier molecular flexibility index (Phi) is 7.53. The van der Waals surface area contributed by atoms with Gasteiger partial charge in [0.05, 0.1) is 11.0 Å². The molecule has 0 amide bonds. The summed E-state index contributed by atoms with van der Waals surface area (Å²) in [7, 11) is 0.0248. The van der Waals surface area contributed by atoms with Gasteiger partial charge in [-0.05, 0) is 41.8 Å². The van der Waals surface area contributed by atoms with Crippen LogP contribution in [0.2, 0.25) is 0 Å². The highest BCUT2D eigenvalue weighted by atomic mass is 32.2. The first-order chi connectivity index (χ1) is 13.2.